The Kier molecular flexibility index (Phi) is 5.18. The van der Waals surface area contributed by atoms with Crippen molar-refractivity contribution < 1.29 is 14.7 Å². The summed E-state index contributed by atoms with van der Waals surface area (Å²) in [5, 5.41) is 9.95. The van der Waals surface area contributed by atoms with E-state index >= 15 is 0 Å². The second-order valence-corrected chi connectivity index (χ2v) is 8.07. The minimum Gasteiger partial charge on any atom is -0.396 e. The van der Waals surface area contributed by atoms with Crippen molar-refractivity contribution in [2.45, 2.75) is 32.1 Å². The zero-order chi connectivity index (χ0) is 20.9. The summed E-state index contributed by atoms with van der Waals surface area (Å²) in [4.78, 5) is 37.4. The highest BCUT2D eigenvalue weighted by Crippen LogP contribution is 2.34. The van der Waals surface area contributed by atoms with Crippen molar-refractivity contribution in [3.05, 3.63) is 45.7 Å². The number of fused-ring (bicyclic) bond motifs is 3. The molecule has 0 radical (unpaired) electrons. The van der Waals surface area contributed by atoms with Gasteiger partial charge in [-0.15, -0.1) is 0 Å². The third kappa shape index (κ3) is 3.25. The number of hydrogen-bond acceptors (Lipinski definition) is 6. The number of allylic oxidation sites excluding steroid dienone is 1. The van der Waals surface area contributed by atoms with Gasteiger partial charge in [-0.25, -0.2) is 9.79 Å². The van der Waals surface area contributed by atoms with E-state index in [0.29, 0.717) is 34.5 Å². The van der Waals surface area contributed by atoms with E-state index in [0.717, 1.165) is 5.70 Å². The topological polar surface area (TPSA) is 79.7 Å². The Labute approximate surface area is 178 Å². The van der Waals surface area contributed by atoms with Crippen LogP contribution in [0.2, 0.25) is 10.0 Å². The standard InChI is InChI=1S/C19H21Cl2N5O3/c1-11-9-25-15-16(22-18(25)24(11)6-3-7-27)23(2)19(29)26(17(15)28)10-12-4-5-13(20)14(21)8-12/h4-5,8-9,15-16,27H,3,6-7,10H2,1-2H3. The SMILES string of the molecule is CC1=CN2C(=NC3C2C(=O)N(Cc2ccc(Cl)c(Cl)c2)C(=O)N3C)N1CCCO. The Morgan fingerprint density at radius 1 is 1.17 bits per heavy atom. The quantitative estimate of drug-likeness (QED) is 0.764. The van der Waals surface area contributed by atoms with Crippen LogP contribution < -0.4 is 0 Å². The molecule has 1 aromatic rings. The first kappa shape index (κ1) is 20.0. The number of aliphatic hydroxyl groups excluding tert-OH is 1. The summed E-state index contributed by atoms with van der Waals surface area (Å²) in [7, 11) is 1.65. The number of nitrogens with zero attached hydrogens (tertiary/aromatic N) is 5. The molecule has 1 N–H and O–H groups in total. The zero-order valence-electron chi connectivity index (χ0n) is 16.0. The number of amides is 3. The van der Waals surface area contributed by atoms with Gasteiger partial charge in [0.05, 0.1) is 16.6 Å². The van der Waals surface area contributed by atoms with E-state index in [1.54, 1.807) is 25.2 Å². The maximum Gasteiger partial charge on any atom is 0.328 e. The van der Waals surface area contributed by atoms with Crippen LogP contribution in [0.25, 0.3) is 0 Å². The summed E-state index contributed by atoms with van der Waals surface area (Å²) in [6, 6.07) is 4.02. The number of urea groups is 1. The summed E-state index contributed by atoms with van der Waals surface area (Å²) in [6.45, 7) is 2.69. The summed E-state index contributed by atoms with van der Waals surface area (Å²) >= 11 is 12.0. The number of aliphatic hydroxyl groups is 1. The molecular formula is C19H21Cl2N5O3. The molecule has 0 aromatic heterocycles. The van der Waals surface area contributed by atoms with Gasteiger partial charge in [-0.1, -0.05) is 29.3 Å². The van der Waals surface area contributed by atoms with Gasteiger partial charge in [-0.2, -0.15) is 0 Å². The second kappa shape index (κ2) is 7.51. The van der Waals surface area contributed by atoms with Crippen molar-refractivity contribution in [3.8, 4) is 0 Å². The third-order valence-corrected chi connectivity index (χ3v) is 6.11. The maximum absolute atomic E-state index is 13.3. The van der Waals surface area contributed by atoms with Gasteiger partial charge in [0.1, 0.15) is 0 Å². The average Bonchev–Trinajstić information content (AvgIpc) is 3.19. The molecule has 3 aliphatic rings. The van der Waals surface area contributed by atoms with Crippen LogP contribution in [0.1, 0.15) is 18.9 Å². The van der Waals surface area contributed by atoms with E-state index in [9.17, 15) is 9.59 Å². The van der Waals surface area contributed by atoms with Crippen LogP contribution in [0.15, 0.2) is 35.1 Å². The molecule has 1 fully saturated rings. The molecule has 2 atom stereocenters. The fraction of sp³-hybridized carbons (Fsp3) is 0.421. The largest absolute Gasteiger partial charge is 0.396 e. The fourth-order valence-electron chi connectivity index (χ4n) is 3.87. The lowest BCUT2D eigenvalue weighted by molar-refractivity contribution is -0.137. The second-order valence-electron chi connectivity index (χ2n) is 7.26. The van der Waals surface area contributed by atoms with Crippen LogP contribution in [0.3, 0.4) is 0 Å². The number of likely N-dealkylation sites (N-methyl/N-ethyl adjacent to an activating group) is 1. The van der Waals surface area contributed by atoms with E-state index in [1.807, 2.05) is 22.9 Å². The lowest BCUT2D eigenvalue weighted by atomic mass is 10.1. The number of halogens is 2. The number of carbonyl (C=O) groups is 2. The van der Waals surface area contributed by atoms with Crippen LogP contribution in [-0.2, 0) is 11.3 Å². The molecule has 10 heteroatoms. The summed E-state index contributed by atoms with van der Waals surface area (Å²) in [5.74, 6) is 0.325. The molecule has 8 nitrogen and oxygen atoms in total. The predicted octanol–water partition coefficient (Wildman–Crippen LogP) is 2.31. The van der Waals surface area contributed by atoms with Gasteiger partial charge in [0.2, 0.25) is 5.96 Å². The Morgan fingerprint density at radius 2 is 1.93 bits per heavy atom. The smallest absolute Gasteiger partial charge is 0.328 e. The van der Waals surface area contributed by atoms with E-state index in [2.05, 4.69) is 4.99 Å². The molecular weight excluding hydrogens is 417 g/mol. The minimum absolute atomic E-state index is 0.0681. The van der Waals surface area contributed by atoms with Gasteiger partial charge in [0.15, 0.2) is 12.2 Å². The molecule has 3 aliphatic heterocycles. The number of rotatable bonds is 5. The Morgan fingerprint density at radius 3 is 2.62 bits per heavy atom. The number of benzene rings is 1. The molecule has 1 aromatic carbocycles. The maximum atomic E-state index is 13.3. The van der Waals surface area contributed by atoms with Gasteiger partial charge in [0, 0.05) is 32.1 Å². The predicted molar refractivity (Wildman–Crippen MR) is 109 cm³/mol. The first-order valence-electron chi connectivity index (χ1n) is 9.28. The molecule has 0 bridgehead atoms. The first-order valence-corrected chi connectivity index (χ1v) is 10.0. The van der Waals surface area contributed by atoms with E-state index in [4.69, 9.17) is 28.3 Å². The van der Waals surface area contributed by atoms with Crippen molar-refractivity contribution in [1.82, 2.24) is 19.6 Å². The summed E-state index contributed by atoms with van der Waals surface area (Å²) < 4.78 is 0. The Balaban J connectivity index is 1.61. The van der Waals surface area contributed by atoms with Crippen molar-refractivity contribution in [1.29, 1.82) is 0 Å². The number of carbonyl (C=O) groups excluding carboxylic acids is 2. The fourth-order valence-corrected chi connectivity index (χ4v) is 4.19. The lowest BCUT2D eigenvalue weighted by Crippen LogP contribution is -2.63. The average molecular weight is 438 g/mol. The monoisotopic (exact) mass is 437 g/mol. The molecule has 0 saturated carbocycles. The highest BCUT2D eigenvalue weighted by atomic mass is 35.5. The first-order chi connectivity index (χ1) is 13.8. The Hall–Kier alpha value is -2.29. The molecule has 3 heterocycles. The van der Waals surface area contributed by atoms with Gasteiger partial charge in [0.25, 0.3) is 5.91 Å². The van der Waals surface area contributed by atoms with Crippen LogP contribution in [-0.4, -0.2) is 75.0 Å². The molecule has 4 rings (SSSR count). The molecule has 2 unspecified atom stereocenters. The van der Waals surface area contributed by atoms with Gasteiger partial charge in [-0.05, 0) is 31.0 Å². The van der Waals surface area contributed by atoms with Crippen molar-refractivity contribution in [2.75, 3.05) is 20.2 Å². The van der Waals surface area contributed by atoms with E-state index < -0.39 is 18.2 Å². The molecule has 1 saturated heterocycles. The number of guanidine groups is 1. The number of aliphatic imine (C=N–C) groups is 1. The minimum atomic E-state index is -0.621. The Bertz CT molecular complexity index is 934. The van der Waals surface area contributed by atoms with Gasteiger partial charge >= 0.3 is 6.03 Å². The molecule has 0 aliphatic carbocycles. The number of imide groups is 1. The van der Waals surface area contributed by atoms with Crippen LogP contribution in [0.5, 0.6) is 0 Å². The van der Waals surface area contributed by atoms with Crippen molar-refractivity contribution >= 4 is 41.1 Å². The zero-order valence-corrected chi connectivity index (χ0v) is 17.6. The van der Waals surface area contributed by atoms with Gasteiger partial charge in [-0.3, -0.25) is 9.69 Å². The van der Waals surface area contributed by atoms with E-state index in [1.165, 1.54) is 9.80 Å². The molecule has 3 amide bonds. The molecule has 154 valence electrons. The summed E-state index contributed by atoms with van der Waals surface area (Å²) in [5.41, 5.74) is 1.66. The van der Waals surface area contributed by atoms with Crippen molar-refractivity contribution in [3.63, 3.8) is 0 Å². The molecule has 29 heavy (non-hydrogen) atoms. The third-order valence-electron chi connectivity index (χ3n) is 5.37. The van der Waals surface area contributed by atoms with Crippen molar-refractivity contribution in [2.24, 2.45) is 4.99 Å². The van der Waals surface area contributed by atoms with E-state index in [-0.39, 0.29) is 19.1 Å². The van der Waals surface area contributed by atoms with Crippen LogP contribution >= 0.6 is 23.2 Å². The number of hydrogen-bond donors (Lipinski definition) is 1. The highest BCUT2D eigenvalue weighted by Gasteiger charge is 2.54. The highest BCUT2D eigenvalue weighted by molar-refractivity contribution is 6.42. The van der Waals surface area contributed by atoms with Gasteiger partial charge < -0.3 is 19.8 Å². The van der Waals surface area contributed by atoms with Crippen LogP contribution in [0.4, 0.5) is 4.79 Å². The van der Waals surface area contributed by atoms with Crippen LogP contribution in [0, 0.1) is 0 Å². The molecule has 0 spiro atoms. The normalized spacial score (nSPS) is 23.5. The summed E-state index contributed by atoms with van der Waals surface area (Å²) in [6.07, 6.45) is 1.87. The lowest BCUT2D eigenvalue weighted by Gasteiger charge is -2.40.